The summed E-state index contributed by atoms with van der Waals surface area (Å²) in [5.74, 6) is 0.581. The molecule has 2 atom stereocenters. The summed E-state index contributed by atoms with van der Waals surface area (Å²) in [5.41, 5.74) is 24.1. The maximum absolute atomic E-state index is 2.90. The third kappa shape index (κ3) is 4.61. The highest BCUT2D eigenvalue weighted by Crippen LogP contribution is 2.68. The summed E-state index contributed by atoms with van der Waals surface area (Å²) in [7, 11) is 0. The summed E-state index contributed by atoms with van der Waals surface area (Å²) in [6, 6.07) is 11.6. The molecule has 12 rings (SSSR count). The lowest BCUT2D eigenvalue weighted by Crippen LogP contribution is -2.37. The van der Waals surface area contributed by atoms with E-state index >= 15 is 0 Å². The van der Waals surface area contributed by atoms with Gasteiger partial charge in [-0.2, -0.15) is 0 Å². The number of hydrogen-bond donors (Lipinski definition) is 0. The quantitative estimate of drug-likeness (QED) is 0.298. The van der Waals surface area contributed by atoms with Crippen molar-refractivity contribution in [3.63, 3.8) is 0 Å². The van der Waals surface area contributed by atoms with Gasteiger partial charge in [-0.05, 0) is 157 Å². The molecule has 0 N–H and O–H groups in total. The molecule has 0 radical (unpaired) electrons. The van der Waals surface area contributed by atoms with E-state index in [9.17, 15) is 0 Å². The molecular weight excluding hydrogens is 675 g/mol. The van der Waals surface area contributed by atoms with Crippen molar-refractivity contribution in [2.24, 2.45) is 16.7 Å². The molecular formula is C55H55N. The van der Waals surface area contributed by atoms with Gasteiger partial charge >= 0.3 is 0 Å². The molecule has 2 unspecified atom stereocenters. The maximum atomic E-state index is 2.90. The van der Waals surface area contributed by atoms with Crippen molar-refractivity contribution < 1.29 is 0 Å². The Morgan fingerprint density at radius 3 is 2.00 bits per heavy atom. The maximum Gasteiger partial charge on any atom is 0.0712 e. The molecule has 0 amide bonds. The van der Waals surface area contributed by atoms with Gasteiger partial charge < -0.3 is 4.90 Å². The zero-order valence-corrected chi connectivity index (χ0v) is 33.1. The largest absolute Gasteiger partial charge is 0.338 e. The van der Waals surface area contributed by atoms with Gasteiger partial charge in [0.25, 0.3) is 0 Å². The third-order valence-corrected chi connectivity index (χ3v) is 15.8. The number of fused-ring (bicyclic) bond motifs is 11. The van der Waals surface area contributed by atoms with Crippen LogP contribution in [0.2, 0.25) is 0 Å². The van der Waals surface area contributed by atoms with Gasteiger partial charge in [0.05, 0.1) is 11.5 Å². The van der Waals surface area contributed by atoms with Crippen LogP contribution in [0.15, 0.2) is 188 Å². The zero-order chi connectivity index (χ0) is 36.8. The van der Waals surface area contributed by atoms with Crippen molar-refractivity contribution in [3.05, 3.63) is 194 Å². The van der Waals surface area contributed by atoms with E-state index in [2.05, 4.69) is 120 Å². The summed E-state index contributed by atoms with van der Waals surface area (Å²) in [4.78, 5) is 2.90. The second-order valence-corrected chi connectivity index (χ2v) is 18.3. The monoisotopic (exact) mass is 729 g/mol. The van der Waals surface area contributed by atoms with Crippen LogP contribution < -0.4 is 0 Å². The first-order valence-electron chi connectivity index (χ1n) is 22.5. The van der Waals surface area contributed by atoms with E-state index in [1.165, 1.54) is 93.2 Å². The van der Waals surface area contributed by atoms with E-state index in [1.807, 2.05) is 0 Å². The van der Waals surface area contributed by atoms with Crippen LogP contribution in [-0.2, 0) is 0 Å². The number of rotatable bonds is 4. The Bertz CT molecular complexity index is 2330. The van der Waals surface area contributed by atoms with Gasteiger partial charge in [0.15, 0.2) is 0 Å². The average Bonchev–Trinajstić information content (AvgIpc) is 3.84. The molecule has 0 heterocycles. The van der Waals surface area contributed by atoms with Crippen LogP contribution in [0.25, 0.3) is 5.57 Å². The Hall–Kier alpha value is -4.62. The highest BCUT2D eigenvalue weighted by atomic mass is 15.2. The third-order valence-electron chi connectivity index (χ3n) is 15.8. The van der Waals surface area contributed by atoms with Crippen LogP contribution in [-0.4, -0.2) is 10.9 Å². The second kappa shape index (κ2) is 13.0. The normalized spacial score (nSPS) is 28.9. The Labute approximate surface area is 334 Å². The molecule has 11 aliphatic carbocycles. The molecule has 0 aliphatic heterocycles. The molecule has 2 saturated carbocycles. The van der Waals surface area contributed by atoms with Gasteiger partial charge in [0.1, 0.15) is 0 Å². The predicted molar refractivity (Wildman–Crippen MR) is 232 cm³/mol. The first-order valence-corrected chi connectivity index (χ1v) is 22.5. The van der Waals surface area contributed by atoms with E-state index in [1.54, 1.807) is 61.3 Å². The van der Waals surface area contributed by atoms with Crippen molar-refractivity contribution in [3.8, 4) is 0 Å². The molecule has 0 saturated heterocycles. The SMILES string of the molecule is C1=CCC2C3=CCC(N(C4=CC5=C(CC4)C4=C(C=CCC4)C54C5=C(CCC=C5)C5=C4C=CCC5)C4=CCCC=C4c4ccccc4)C=C3C3(CCCCC3)C2=C1. The fourth-order valence-electron chi connectivity index (χ4n) is 13.7. The lowest BCUT2D eigenvalue weighted by Gasteiger charge is -2.43. The molecule has 2 spiro atoms. The summed E-state index contributed by atoms with van der Waals surface area (Å²) >= 11 is 0. The molecule has 1 aromatic carbocycles. The minimum Gasteiger partial charge on any atom is -0.338 e. The van der Waals surface area contributed by atoms with Crippen molar-refractivity contribution >= 4 is 5.57 Å². The summed E-state index contributed by atoms with van der Waals surface area (Å²) < 4.78 is 0. The van der Waals surface area contributed by atoms with Crippen LogP contribution in [0.4, 0.5) is 0 Å². The van der Waals surface area contributed by atoms with E-state index in [0.717, 1.165) is 38.5 Å². The average molecular weight is 730 g/mol. The van der Waals surface area contributed by atoms with Crippen molar-refractivity contribution in [2.45, 2.75) is 115 Å². The van der Waals surface area contributed by atoms with Gasteiger partial charge in [0, 0.05) is 28.3 Å². The van der Waals surface area contributed by atoms with Gasteiger partial charge in [-0.15, -0.1) is 0 Å². The van der Waals surface area contributed by atoms with Gasteiger partial charge in [0.2, 0.25) is 0 Å². The molecule has 280 valence electrons. The summed E-state index contributed by atoms with van der Waals surface area (Å²) in [5, 5.41) is 0. The van der Waals surface area contributed by atoms with Crippen LogP contribution in [0.5, 0.6) is 0 Å². The van der Waals surface area contributed by atoms with E-state index < -0.39 is 0 Å². The fourth-order valence-corrected chi connectivity index (χ4v) is 13.7. The highest BCUT2D eigenvalue weighted by Gasteiger charge is 2.56. The first-order chi connectivity index (χ1) is 27.8. The summed E-state index contributed by atoms with van der Waals surface area (Å²) in [6.45, 7) is 0. The molecule has 1 heteroatoms. The first kappa shape index (κ1) is 33.5. The molecule has 56 heavy (non-hydrogen) atoms. The van der Waals surface area contributed by atoms with Crippen molar-refractivity contribution in [2.75, 3.05) is 0 Å². The van der Waals surface area contributed by atoms with Crippen LogP contribution in [0.1, 0.15) is 115 Å². The van der Waals surface area contributed by atoms with E-state index in [4.69, 9.17) is 0 Å². The molecule has 1 aromatic rings. The lowest BCUT2D eigenvalue weighted by molar-refractivity contribution is 0.291. The minimum absolute atomic E-state index is 0.165. The number of allylic oxidation sites excluding steroid dienone is 25. The van der Waals surface area contributed by atoms with Gasteiger partial charge in [-0.3, -0.25) is 0 Å². The smallest absolute Gasteiger partial charge is 0.0712 e. The van der Waals surface area contributed by atoms with Crippen LogP contribution >= 0.6 is 0 Å². The van der Waals surface area contributed by atoms with Crippen molar-refractivity contribution in [1.29, 1.82) is 0 Å². The predicted octanol–water partition coefficient (Wildman–Crippen LogP) is 14.1. The minimum atomic E-state index is -0.165. The van der Waals surface area contributed by atoms with Gasteiger partial charge in [-0.1, -0.05) is 134 Å². The fraction of sp³-hybridized carbons (Fsp3) is 0.382. The zero-order valence-electron chi connectivity index (χ0n) is 33.1. The van der Waals surface area contributed by atoms with Crippen LogP contribution in [0.3, 0.4) is 0 Å². The highest BCUT2D eigenvalue weighted by molar-refractivity contribution is 5.82. The van der Waals surface area contributed by atoms with Crippen molar-refractivity contribution in [1.82, 2.24) is 4.90 Å². The van der Waals surface area contributed by atoms with E-state index in [-0.39, 0.29) is 10.8 Å². The standard InChI is InChI=1S/C55H55N/c1-3-17-37(18-4-1)40-19-9-14-28-53(40)56(38-29-31-45-41-20-5-10-24-47(41)54(51(45)35-38)33-15-2-16-34-54)39-30-32-46-44-23-8-13-27-50(44)55(52(46)36-39)48-25-11-6-21-42(48)43-22-7-12-26-49(43)55/h1,3-5,10-13,17-19,24-28,31,35-36,38,41H,2,6-9,14-16,20-23,29-30,32-34H2. The van der Waals surface area contributed by atoms with E-state index in [0.29, 0.717) is 12.0 Å². The summed E-state index contributed by atoms with van der Waals surface area (Å²) in [6.07, 6.45) is 56.5. The molecule has 0 bridgehead atoms. The number of hydrogen-bond acceptors (Lipinski definition) is 1. The Morgan fingerprint density at radius 1 is 0.607 bits per heavy atom. The molecule has 11 aliphatic rings. The topological polar surface area (TPSA) is 3.24 Å². The second-order valence-electron chi connectivity index (χ2n) is 18.3. The molecule has 2 fully saturated rings. The van der Waals surface area contributed by atoms with Gasteiger partial charge in [-0.25, -0.2) is 0 Å². The van der Waals surface area contributed by atoms with Crippen LogP contribution in [0, 0.1) is 16.7 Å². The molecule has 1 nitrogen and oxygen atoms in total. The Kier molecular flexibility index (Phi) is 7.75. The molecule has 0 aromatic heterocycles. The number of nitrogens with zero attached hydrogens (tertiary/aromatic N) is 1. The Balaban J connectivity index is 1.05. The Morgan fingerprint density at radius 2 is 1.29 bits per heavy atom. The lowest BCUT2D eigenvalue weighted by atomic mass is 9.64. The number of benzene rings is 1.